The highest BCUT2D eigenvalue weighted by Crippen LogP contribution is 2.28. The number of nitrogens with one attached hydrogen (secondary N) is 1. The van der Waals surface area contributed by atoms with Crippen molar-refractivity contribution in [2.45, 2.75) is 27.2 Å². The molecule has 3 nitrogen and oxygen atoms in total. The molecule has 2 aromatic rings. The summed E-state index contributed by atoms with van der Waals surface area (Å²) in [7, 11) is 0. The van der Waals surface area contributed by atoms with Crippen molar-refractivity contribution in [3.8, 4) is 0 Å². The molecule has 0 aliphatic rings. The molecule has 0 atom stereocenters. The van der Waals surface area contributed by atoms with Gasteiger partial charge in [0, 0.05) is 29.6 Å². The van der Waals surface area contributed by atoms with Gasteiger partial charge in [0.15, 0.2) is 0 Å². The second-order valence-corrected chi connectivity index (χ2v) is 6.13. The van der Waals surface area contributed by atoms with Gasteiger partial charge < -0.3 is 10.6 Å². The van der Waals surface area contributed by atoms with E-state index in [9.17, 15) is 0 Å². The molecule has 21 heavy (non-hydrogen) atoms. The summed E-state index contributed by atoms with van der Waals surface area (Å²) >= 11 is 0. The second-order valence-electron chi connectivity index (χ2n) is 6.13. The third-order valence-corrected chi connectivity index (χ3v) is 4.22. The third-order valence-electron chi connectivity index (χ3n) is 4.22. The van der Waals surface area contributed by atoms with Crippen molar-refractivity contribution in [3.05, 3.63) is 42.5 Å². The Morgan fingerprint density at radius 3 is 2.48 bits per heavy atom. The Labute approximate surface area is 127 Å². The molecule has 0 aliphatic carbocycles. The van der Waals surface area contributed by atoms with Crippen LogP contribution in [0.25, 0.3) is 10.8 Å². The van der Waals surface area contributed by atoms with E-state index >= 15 is 0 Å². The number of amidine groups is 1. The number of nitrogens with zero attached hydrogens (tertiary/aromatic N) is 1. The highest BCUT2D eigenvalue weighted by Gasteiger charge is 2.22. The van der Waals surface area contributed by atoms with Crippen LogP contribution in [0.2, 0.25) is 0 Å². The highest BCUT2D eigenvalue weighted by molar-refractivity contribution is 5.94. The Bertz CT molecular complexity index is 626. The SMILES string of the molecule is CCN(CCC(C)(C)C(=N)N)c1cccc2ccccc12. The highest BCUT2D eigenvalue weighted by atomic mass is 15.1. The molecule has 3 heteroatoms. The fourth-order valence-corrected chi connectivity index (χ4v) is 2.48. The molecule has 0 saturated carbocycles. The second kappa shape index (κ2) is 6.17. The maximum Gasteiger partial charge on any atom is 0.0963 e. The number of hydrogen-bond donors (Lipinski definition) is 2. The molecule has 0 bridgehead atoms. The van der Waals surface area contributed by atoms with Gasteiger partial charge in [-0.15, -0.1) is 0 Å². The summed E-state index contributed by atoms with van der Waals surface area (Å²) < 4.78 is 0. The minimum absolute atomic E-state index is 0.252. The van der Waals surface area contributed by atoms with Crippen LogP contribution in [0, 0.1) is 10.8 Å². The molecule has 0 aromatic heterocycles. The van der Waals surface area contributed by atoms with Gasteiger partial charge in [-0.25, -0.2) is 0 Å². The third kappa shape index (κ3) is 3.35. The Hall–Kier alpha value is -2.03. The molecule has 2 aromatic carbocycles. The van der Waals surface area contributed by atoms with Crippen molar-refractivity contribution < 1.29 is 0 Å². The quantitative estimate of drug-likeness (QED) is 0.621. The van der Waals surface area contributed by atoms with E-state index in [1.54, 1.807) is 0 Å². The zero-order valence-electron chi connectivity index (χ0n) is 13.2. The molecule has 0 unspecified atom stereocenters. The van der Waals surface area contributed by atoms with Crippen LogP contribution in [0.5, 0.6) is 0 Å². The van der Waals surface area contributed by atoms with Gasteiger partial charge in [-0.3, -0.25) is 5.41 Å². The Morgan fingerprint density at radius 1 is 1.14 bits per heavy atom. The molecule has 3 N–H and O–H groups in total. The van der Waals surface area contributed by atoms with Crippen molar-refractivity contribution in [1.82, 2.24) is 0 Å². The Balaban J connectivity index is 2.26. The van der Waals surface area contributed by atoms with E-state index in [2.05, 4.69) is 54.3 Å². The van der Waals surface area contributed by atoms with Gasteiger partial charge in [-0.2, -0.15) is 0 Å². The monoisotopic (exact) mass is 283 g/mol. The summed E-state index contributed by atoms with van der Waals surface area (Å²) in [6.07, 6.45) is 0.874. The van der Waals surface area contributed by atoms with Crippen molar-refractivity contribution in [1.29, 1.82) is 5.41 Å². The smallest absolute Gasteiger partial charge is 0.0963 e. The van der Waals surface area contributed by atoms with Crippen LogP contribution in [0.1, 0.15) is 27.2 Å². The molecular weight excluding hydrogens is 258 g/mol. The van der Waals surface area contributed by atoms with Crippen LogP contribution in [0.15, 0.2) is 42.5 Å². The molecule has 0 amide bonds. The van der Waals surface area contributed by atoms with E-state index in [1.165, 1.54) is 16.5 Å². The van der Waals surface area contributed by atoms with Crippen LogP contribution >= 0.6 is 0 Å². The fourth-order valence-electron chi connectivity index (χ4n) is 2.48. The van der Waals surface area contributed by atoms with Crippen LogP contribution in [-0.2, 0) is 0 Å². The largest absolute Gasteiger partial charge is 0.387 e. The Kier molecular flexibility index (Phi) is 4.51. The minimum Gasteiger partial charge on any atom is -0.387 e. The summed E-state index contributed by atoms with van der Waals surface area (Å²) in [5.74, 6) is 0.261. The van der Waals surface area contributed by atoms with Gasteiger partial charge in [0.05, 0.1) is 5.84 Å². The van der Waals surface area contributed by atoms with E-state index in [0.29, 0.717) is 0 Å². The molecule has 0 saturated heterocycles. The lowest BCUT2D eigenvalue weighted by molar-refractivity contribution is 0.468. The standard InChI is InChI=1S/C18H25N3/c1-4-21(13-12-18(2,3)17(19)20)16-11-7-9-14-8-5-6-10-15(14)16/h5-11H,4,12-13H2,1-3H3,(H3,19,20). The summed E-state index contributed by atoms with van der Waals surface area (Å²) in [5, 5.41) is 10.2. The number of rotatable bonds is 6. The van der Waals surface area contributed by atoms with Gasteiger partial charge in [0.2, 0.25) is 0 Å². The number of anilines is 1. The lowest BCUT2D eigenvalue weighted by atomic mass is 9.88. The zero-order valence-corrected chi connectivity index (χ0v) is 13.2. The summed E-state index contributed by atoms with van der Waals surface area (Å²) in [5.41, 5.74) is 6.70. The van der Waals surface area contributed by atoms with Gasteiger partial charge in [-0.1, -0.05) is 50.2 Å². The lowest BCUT2D eigenvalue weighted by Gasteiger charge is -2.30. The normalized spacial score (nSPS) is 11.6. The van der Waals surface area contributed by atoms with E-state index in [-0.39, 0.29) is 11.3 Å². The summed E-state index contributed by atoms with van der Waals surface area (Å²) in [4.78, 5) is 2.37. The molecule has 2 rings (SSSR count). The van der Waals surface area contributed by atoms with E-state index in [1.807, 2.05) is 13.8 Å². The summed E-state index contributed by atoms with van der Waals surface area (Å²) in [6, 6.07) is 14.9. The van der Waals surface area contributed by atoms with Crippen LogP contribution in [-0.4, -0.2) is 18.9 Å². The first-order valence-corrected chi connectivity index (χ1v) is 7.53. The molecule has 112 valence electrons. The average molecular weight is 283 g/mol. The molecule has 0 heterocycles. The topological polar surface area (TPSA) is 53.1 Å². The van der Waals surface area contributed by atoms with Crippen molar-refractivity contribution in [2.75, 3.05) is 18.0 Å². The average Bonchev–Trinajstić information content (AvgIpc) is 2.47. The van der Waals surface area contributed by atoms with Crippen molar-refractivity contribution >= 4 is 22.3 Å². The van der Waals surface area contributed by atoms with E-state index in [4.69, 9.17) is 11.1 Å². The number of benzene rings is 2. The number of nitrogens with two attached hydrogens (primary N) is 1. The van der Waals surface area contributed by atoms with Crippen LogP contribution in [0.4, 0.5) is 5.69 Å². The van der Waals surface area contributed by atoms with Gasteiger partial charge >= 0.3 is 0 Å². The lowest BCUT2D eigenvalue weighted by Crippen LogP contribution is -2.35. The zero-order chi connectivity index (χ0) is 15.5. The van der Waals surface area contributed by atoms with Gasteiger partial charge in [-0.05, 0) is 24.8 Å². The van der Waals surface area contributed by atoms with Crippen LogP contribution < -0.4 is 10.6 Å². The van der Waals surface area contributed by atoms with E-state index in [0.717, 1.165) is 19.5 Å². The first-order chi connectivity index (χ1) is 9.95. The maximum atomic E-state index is 7.69. The van der Waals surface area contributed by atoms with Crippen molar-refractivity contribution in [2.24, 2.45) is 11.1 Å². The molecule has 0 aliphatic heterocycles. The van der Waals surface area contributed by atoms with Gasteiger partial charge in [0.25, 0.3) is 0 Å². The maximum absolute atomic E-state index is 7.69. The van der Waals surface area contributed by atoms with E-state index < -0.39 is 0 Å². The van der Waals surface area contributed by atoms with Gasteiger partial charge in [0.1, 0.15) is 0 Å². The molecular formula is C18H25N3. The Morgan fingerprint density at radius 2 is 1.81 bits per heavy atom. The first-order valence-electron chi connectivity index (χ1n) is 7.53. The van der Waals surface area contributed by atoms with Crippen LogP contribution in [0.3, 0.4) is 0 Å². The number of hydrogen-bond acceptors (Lipinski definition) is 2. The van der Waals surface area contributed by atoms with Crippen molar-refractivity contribution in [3.63, 3.8) is 0 Å². The summed E-state index contributed by atoms with van der Waals surface area (Å²) in [6.45, 7) is 8.08. The first kappa shape index (κ1) is 15.4. The fraction of sp³-hybridized carbons (Fsp3) is 0.389. The predicted octanol–water partition coefficient (Wildman–Crippen LogP) is 4.02. The minimum atomic E-state index is -0.252. The molecule has 0 spiro atoms. The molecule has 0 fully saturated rings. The number of fused-ring (bicyclic) bond motifs is 1. The molecule has 0 radical (unpaired) electrons. The predicted molar refractivity (Wildman–Crippen MR) is 92.1 cm³/mol.